The summed E-state index contributed by atoms with van der Waals surface area (Å²) >= 11 is 0. The summed E-state index contributed by atoms with van der Waals surface area (Å²) in [5.74, 6) is -0.447. The Morgan fingerprint density at radius 1 is 1.38 bits per heavy atom. The van der Waals surface area contributed by atoms with Crippen molar-refractivity contribution in [3.63, 3.8) is 0 Å². The van der Waals surface area contributed by atoms with E-state index in [9.17, 15) is 13.2 Å². The Labute approximate surface area is 78.9 Å². The molecule has 0 saturated heterocycles. The fourth-order valence-corrected chi connectivity index (χ4v) is 1.91. The van der Waals surface area contributed by atoms with Crippen LogP contribution in [0.4, 0.5) is 0 Å². The minimum atomic E-state index is -3.50. The number of aliphatic hydroxyl groups excluding tert-OH is 1. The summed E-state index contributed by atoms with van der Waals surface area (Å²) in [7, 11) is -3.50. The highest BCUT2D eigenvalue weighted by Gasteiger charge is 2.35. The Morgan fingerprint density at radius 3 is 1.85 bits per heavy atom. The second-order valence-electron chi connectivity index (χ2n) is 4.11. The average molecular weight is 208 g/mol. The quantitative estimate of drug-likeness (QED) is 0.709. The van der Waals surface area contributed by atoms with E-state index in [0.717, 1.165) is 6.26 Å². The van der Waals surface area contributed by atoms with E-state index in [4.69, 9.17) is 5.11 Å². The SMILES string of the molecule is CC(C)(C)C(=O)[C@@H](CO)S(C)(=O)=O. The topological polar surface area (TPSA) is 71.4 Å². The summed E-state index contributed by atoms with van der Waals surface area (Å²) in [6, 6.07) is 0. The van der Waals surface area contributed by atoms with Gasteiger partial charge in [0.05, 0.1) is 6.61 Å². The van der Waals surface area contributed by atoms with Gasteiger partial charge in [-0.25, -0.2) is 8.42 Å². The minimum absolute atomic E-state index is 0.447. The van der Waals surface area contributed by atoms with E-state index >= 15 is 0 Å². The van der Waals surface area contributed by atoms with E-state index in [1.807, 2.05) is 0 Å². The van der Waals surface area contributed by atoms with Crippen molar-refractivity contribution >= 4 is 15.6 Å². The van der Waals surface area contributed by atoms with E-state index in [1.54, 1.807) is 20.8 Å². The van der Waals surface area contributed by atoms with Crippen molar-refractivity contribution in [3.05, 3.63) is 0 Å². The molecule has 0 radical (unpaired) electrons. The maximum atomic E-state index is 11.5. The number of carbonyl (C=O) groups is 1. The third kappa shape index (κ3) is 3.44. The zero-order valence-corrected chi connectivity index (χ0v) is 9.18. The summed E-state index contributed by atoms with van der Waals surface area (Å²) in [5.41, 5.74) is -0.740. The number of carbonyl (C=O) groups excluding carboxylic acids is 1. The molecule has 0 aliphatic carbocycles. The lowest BCUT2D eigenvalue weighted by Gasteiger charge is -2.21. The summed E-state index contributed by atoms with van der Waals surface area (Å²) in [5, 5.41) is 7.51. The van der Waals surface area contributed by atoms with Crippen LogP contribution in [0.25, 0.3) is 0 Å². The molecule has 0 amide bonds. The standard InChI is InChI=1S/C8H16O4S/c1-8(2,3)7(10)6(5-9)13(4,11)12/h6,9H,5H2,1-4H3/t6-/m1/s1. The first-order valence-corrected chi connectivity index (χ1v) is 5.90. The molecule has 0 unspecified atom stereocenters. The van der Waals surface area contributed by atoms with Crippen molar-refractivity contribution in [1.29, 1.82) is 0 Å². The molecule has 0 aromatic carbocycles. The van der Waals surface area contributed by atoms with E-state index in [-0.39, 0.29) is 0 Å². The van der Waals surface area contributed by atoms with Gasteiger partial charge in [0, 0.05) is 11.7 Å². The van der Waals surface area contributed by atoms with Gasteiger partial charge in [0.1, 0.15) is 5.25 Å². The van der Waals surface area contributed by atoms with Gasteiger partial charge in [-0.15, -0.1) is 0 Å². The fourth-order valence-electron chi connectivity index (χ4n) is 0.896. The summed E-state index contributed by atoms with van der Waals surface area (Å²) in [4.78, 5) is 11.5. The molecule has 0 heterocycles. The zero-order chi connectivity index (χ0) is 10.9. The van der Waals surface area contributed by atoms with E-state index in [0.29, 0.717) is 0 Å². The monoisotopic (exact) mass is 208 g/mol. The van der Waals surface area contributed by atoms with Crippen LogP contribution in [0.1, 0.15) is 20.8 Å². The van der Waals surface area contributed by atoms with Crippen LogP contribution in [0, 0.1) is 5.41 Å². The first-order valence-electron chi connectivity index (χ1n) is 3.94. The lowest BCUT2D eigenvalue weighted by atomic mass is 9.89. The Balaban J connectivity index is 4.94. The molecular formula is C8H16O4S. The van der Waals surface area contributed by atoms with Gasteiger partial charge in [-0.2, -0.15) is 0 Å². The highest BCUT2D eigenvalue weighted by Crippen LogP contribution is 2.19. The molecule has 0 rings (SSSR count). The van der Waals surface area contributed by atoms with Gasteiger partial charge >= 0.3 is 0 Å². The summed E-state index contributed by atoms with van der Waals surface area (Å²) < 4.78 is 22.1. The summed E-state index contributed by atoms with van der Waals surface area (Å²) in [6.45, 7) is 4.24. The van der Waals surface area contributed by atoms with Crippen molar-refractivity contribution in [1.82, 2.24) is 0 Å². The Hall–Kier alpha value is -0.420. The van der Waals surface area contributed by atoms with Gasteiger partial charge < -0.3 is 5.11 Å². The number of sulfone groups is 1. The van der Waals surface area contributed by atoms with Crippen molar-refractivity contribution in [3.8, 4) is 0 Å². The third-order valence-electron chi connectivity index (χ3n) is 1.71. The fraction of sp³-hybridized carbons (Fsp3) is 0.875. The number of Topliss-reactive ketones (excluding diaryl/α,β-unsaturated/α-hetero) is 1. The molecule has 0 bridgehead atoms. The average Bonchev–Trinajstić information content (AvgIpc) is 1.83. The molecule has 13 heavy (non-hydrogen) atoms. The largest absolute Gasteiger partial charge is 0.395 e. The van der Waals surface area contributed by atoms with Crippen LogP contribution in [-0.2, 0) is 14.6 Å². The predicted molar refractivity (Wildman–Crippen MR) is 50.2 cm³/mol. The van der Waals surface area contributed by atoms with Gasteiger partial charge in [0.15, 0.2) is 15.6 Å². The number of aliphatic hydroxyl groups is 1. The van der Waals surface area contributed by atoms with Crippen LogP contribution in [-0.4, -0.2) is 37.4 Å². The highest BCUT2D eigenvalue weighted by atomic mass is 32.2. The maximum absolute atomic E-state index is 11.5. The molecule has 5 heteroatoms. The molecule has 1 atom stereocenters. The third-order valence-corrected chi connectivity index (χ3v) is 3.11. The number of rotatable bonds is 3. The normalized spacial score (nSPS) is 15.5. The van der Waals surface area contributed by atoms with Gasteiger partial charge in [0.25, 0.3) is 0 Å². The zero-order valence-electron chi connectivity index (χ0n) is 8.36. The molecule has 0 aliphatic heterocycles. The lowest BCUT2D eigenvalue weighted by Crippen LogP contribution is -2.40. The molecule has 0 aromatic rings. The van der Waals surface area contributed by atoms with Crippen LogP contribution in [0.5, 0.6) is 0 Å². The van der Waals surface area contributed by atoms with Gasteiger partial charge in [-0.1, -0.05) is 20.8 Å². The van der Waals surface area contributed by atoms with Crippen LogP contribution >= 0.6 is 0 Å². The summed E-state index contributed by atoms with van der Waals surface area (Å²) in [6.07, 6.45) is 0.956. The lowest BCUT2D eigenvalue weighted by molar-refractivity contribution is -0.126. The van der Waals surface area contributed by atoms with Crippen LogP contribution in [0.2, 0.25) is 0 Å². The molecular weight excluding hydrogens is 192 g/mol. The maximum Gasteiger partial charge on any atom is 0.159 e. The van der Waals surface area contributed by atoms with Crippen molar-refractivity contribution in [2.75, 3.05) is 12.9 Å². The Bertz CT molecular complexity index is 284. The van der Waals surface area contributed by atoms with E-state index < -0.39 is 32.9 Å². The molecule has 0 fully saturated rings. The minimum Gasteiger partial charge on any atom is -0.395 e. The van der Waals surface area contributed by atoms with Crippen molar-refractivity contribution in [2.45, 2.75) is 26.0 Å². The molecule has 78 valence electrons. The van der Waals surface area contributed by atoms with E-state index in [2.05, 4.69) is 0 Å². The second kappa shape index (κ2) is 3.75. The van der Waals surface area contributed by atoms with Crippen molar-refractivity contribution < 1.29 is 18.3 Å². The second-order valence-corrected chi connectivity index (χ2v) is 6.34. The van der Waals surface area contributed by atoms with Crippen molar-refractivity contribution in [2.24, 2.45) is 5.41 Å². The van der Waals surface area contributed by atoms with E-state index in [1.165, 1.54) is 0 Å². The van der Waals surface area contributed by atoms with Crippen LogP contribution in [0.3, 0.4) is 0 Å². The van der Waals surface area contributed by atoms with Crippen LogP contribution in [0.15, 0.2) is 0 Å². The van der Waals surface area contributed by atoms with Gasteiger partial charge in [0.2, 0.25) is 0 Å². The predicted octanol–water partition coefficient (Wildman–Crippen LogP) is 0.00710. The number of ketones is 1. The first-order chi connectivity index (χ1) is 5.60. The molecule has 0 aliphatic rings. The molecule has 0 aromatic heterocycles. The van der Waals surface area contributed by atoms with Gasteiger partial charge in [-0.05, 0) is 0 Å². The molecule has 1 N–H and O–H groups in total. The van der Waals surface area contributed by atoms with Gasteiger partial charge in [-0.3, -0.25) is 4.79 Å². The number of hydrogen-bond donors (Lipinski definition) is 1. The molecule has 4 nitrogen and oxygen atoms in total. The van der Waals surface area contributed by atoms with Crippen LogP contribution < -0.4 is 0 Å². The Kier molecular flexibility index (Phi) is 3.63. The number of hydrogen-bond acceptors (Lipinski definition) is 4. The molecule has 0 saturated carbocycles. The molecule has 0 spiro atoms. The highest BCUT2D eigenvalue weighted by molar-refractivity contribution is 7.92. The smallest absolute Gasteiger partial charge is 0.159 e. The Morgan fingerprint density at radius 2 is 1.77 bits per heavy atom. The first kappa shape index (κ1) is 12.6.